The number of hydrogen-bond donors (Lipinski definition) is 0. The summed E-state index contributed by atoms with van der Waals surface area (Å²) in [6.07, 6.45) is 1.36. The van der Waals surface area contributed by atoms with E-state index in [0.717, 1.165) is 5.56 Å². The normalized spacial score (nSPS) is 14.1. The number of piperazine rings is 1. The van der Waals surface area contributed by atoms with E-state index in [9.17, 15) is 9.59 Å². The fourth-order valence-electron chi connectivity index (χ4n) is 2.86. The number of rotatable bonds is 5. The van der Waals surface area contributed by atoms with Gasteiger partial charge in [0.25, 0.3) is 5.91 Å². The van der Waals surface area contributed by atoms with E-state index in [2.05, 4.69) is 5.10 Å². The zero-order valence-electron chi connectivity index (χ0n) is 15.9. The number of aromatic nitrogens is 2. The molecule has 9 heteroatoms. The highest BCUT2D eigenvalue weighted by molar-refractivity contribution is 6.31. The van der Waals surface area contributed by atoms with Crippen molar-refractivity contribution in [2.24, 2.45) is 0 Å². The summed E-state index contributed by atoms with van der Waals surface area (Å²) in [6, 6.07) is 7.07. The SMILES string of the molecule is CCOC(=O)N1CCN(C(=O)c2ccn(COc3ccc(Cl)c(C)c3)n2)CC1. The summed E-state index contributed by atoms with van der Waals surface area (Å²) >= 11 is 6.01. The number of nitrogens with zero attached hydrogens (tertiary/aromatic N) is 4. The van der Waals surface area contributed by atoms with E-state index >= 15 is 0 Å². The van der Waals surface area contributed by atoms with Crippen LogP contribution in [0.5, 0.6) is 5.75 Å². The Hall–Kier alpha value is -2.74. The number of amides is 2. The van der Waals surface area contributed by atoms with Crippen molar-refractivity contribution < 1.29 is 19.1 Å². The van der Waals surface area contributed by atoms with Gasteiger partial charge in [-0.1, -0.05) is 11.6 Å². The lowest BCUT2D eigenvalue weighted by Gasteiger charge is -2.33. The van der Waals surface area contributed by atoms with Crippen LogP contribution in [-0.4, -0.2) is 64.4 Å². The summed E-state index contributed by atoms with van der Waals surface area (Å²) < 4.78 is 12.2. The van der Waals surface area contributed by atoms with Crippen LogP contribution in [-0.2, 0) is 11.5 Å². The molecule has 0 N–H and O–H groups in total. The predicted molar refractivity (Wildman–Crippen MR) is 104 cm³/mol. The Morgan fingerprint density at radius 3 is 2.54 bits per heavy atom. The number of hydrogen-bond acceptors (Lipinski definition) is 5. The van der Waals surface area contributed by atoms with E-state index in [0.29, 0.717) is 49.3 Å². The van der Waals surface area contributed by atoms with Crippen LogP contribution < -0.4 is 4.74 Å². The fraction of sp³-hybridized carbons (Fsp3) is 0.421. The average Bonchev–Trinajstić information content (AvgIpc) is 3.18. The molecule has 1 saturated heterocycles. The molecule has 0 bridgehead atoms. The molecule has 2 aromatic rings. The highest BCUT2D eigenvalue weighted by atomic mass is 35.5. The molecule has 8 nitrogen and oxygen atoms in total. The molecule has 150 valence electrons. The van der Waals surface area contributed by atoms with E-state index in [1.165, 1.54) is 0 Å². The van der Waals surface area contributed by atoms with Crippen molar-refractivity contribution in [3.05, 3.63) is 46.7 Å². The standard InChI is InChI=1S/C19H23ClN4O4/c1-3-27-19(26)23-10-8-22(9-11-23)18(25)17-6-7-24(21-17)13-28-15-4-5-16(20)14(2)12-15/h4-7,12H,3,8-11,13H2,1-2H3. The number of carbonyl (C=O) groups excluding carboxylic acids is 2. The second kappa shape index (κ2) is 8.97. The Morgan fingerprint density at radius 1 is 1.14 bits per heavy atom. The van der Waals surface area contributed by atoms with Gasteiger partial charge in [0.1, 0.15) is 5.75 Å². The van der Waals surface area contributed by atoms with Crippen molar-refractivity contribution in [3.63, 3.8) is 0 Å². The van der Waals surface area contributed by atoms with Crippen LogP contribution in [0.25, 0.3) is 0 Å². The Labute approximate surface area is 168 Å². The van der Waals surface area contributed by atoms with Gasteiger partial charge in [-0.15, -0.1) is 0 Å². The molecule has 0 unspecified atom stereocenters. The molecule has 0 spiro atoms. The maximum atomic E-state index is 12.6. The molecule has 0 aliphatic carbocycles. The Kier molecular flexibility index (Phi) is 6.41. The minimum atomic E-state index is -0.339. The van der Waals surface area contributed by atoms with Gasteiger partial charge in [0.2, 0.25) is 0 Å². The van der Waals surface area contributed by atoms with Crippen LogP contribution in [0.4, 0.5) is 4.79 Å². The van der Waals surface area contributed by atoms with Gasteiger partial charge in [-0.2, -0.15) is 5.10 Å². The van der Waals surface area contributed by atoms with Crippen molar-refractivity contribution in [3.8, 4) is 5.75 Å². The molecule has 0 radical (unpaired) electrons. The first kappa shape index (κ1) is 20.0. The third-order valence-corrected chi connectivity index (χ3v) is 4.87. The van der Waals surface area contributed by atoms with Gasteiger partial charge in [-0.3, -0.25) is 4.79 Å². The smallest absolute Gasteiger partial charge is 0.409 e. The molecule has 1 aliphatic heterocycles. The van der Waals surface area contributed by atoms with E-state index < -0.39 is 0 Å². The third-order valence-electron chi connectivity index (χ3n) is 4.45. The number of carbonyl (C=O) groups is 2. The molecule has 0 saturated carbocycles. The lowest BCUT2D eigenvalue weighted by Crippen LogP contribution is -2.50. The largest absolute Gasteiger partial charge is 0.471 e. The topological polar surface area (TPSA) is 76.9 Å². The van der Waals surface area contributed by atoms with Gasteiger partial charge >= 0.3 is 6.09 Å². The number of aryl methyl sites for hydroxylation is 1. The second-order valence-electron chi connectivity index (χ2n) is 6.40. The molecule has 0 atom stereocenters. The summed E-state index contributed by atoms with van der Waals surface area (Å²) in [5.41, 5.74) is 1.28. The van der Waals surface area contributed by atoms with E-state index in [-0.39, 0.29) is 18.7 Å². The van der Waals surface area contributed by atoms with E-state index in [1.807, 2.05) is 13.0 Å². The molecule has 1 aromatic heterocycles. The first-order chi connectivity index (χ1) is 13.5. The monoisotopic (exact) mass is 406 g/mol. The lowest BCUT2D eigenvalue weighted by molar-refractivity contribution is 0.0564. The van der Waals surface area contributed by atoms with Crippen LogP contribution in [0, 0.1) is 6.92 Å². The summed E-state index contributed by atoms with van der Waals surface area (Å²) in [5, 5.41) is 4.98. The van der Waals surface area contributed by atoms with Gasteiger partial charge in [0.15, 0.2) is 12.4 Å². The highest BCUT2D eigenvalue weighted by Gasteiger charge is 2.26. The summed E-state index contributed by atoms with van der Waals surface area (Å²) in [6.45, 7) is 6.00. The van der Waals surface area contributed by atoms with E-state index in [1.54, 1.807) is 45.8 Å². The van der Waals surface area contributed by atoms with E-state index in [4.69, 9.17) is 21.1 Å². The van der Waals surface area contributed by atoms with Crippen LogP contribution in [0.2, 0.25) is 5.02 Å². The van der Waals surface area contributed by atoms with Gasteiger partial charge in [0.05, 0.1) is 6.61 Å². The summed E-state index contributed by atoms with van der Waals surface area (Å²) in [5.74, 6) is 0.518. The van der Waals surface area contributed by atoms with Crippen LogP contribution in [0.3, 0.4) is 0 Å². The predicted octanol–water partition coefficient (Wildman–Crippen LogP) is 2.80. The molecule has 3 rings (SSSR count). The Bertz CT molecular complexity index is 846. The van der Waals surface area contributed by atoms with Crippen molar-refractivity contribution in [1.29, 1.82) is 0 Å². The molecular formula is C19H23ClN4O4. The fourth-order valence-corrected chi connectivity index (χ4v) is 2.98. The van der Waals surface area contributed by atoms with Crippen molar-refractivity contribution in [2.75, 3.05) is 32.8 Å². The van der Waals surface area contributed by atoms with Crippen LogP contribution in [0.15, 0.2) is 30.5 Å². The minimum Gasteiger partial charge on any atom is -0.471 e. The molecule has 1 fully saturated rings. The average molecular weight is 407 g/mol. The molecule has 2 amide bonds. The van der Waals surface area contributed by atoms with Gasteiger partial charge in [-0.05, 0) is 43.7 Å². The quantitative estimate of drug-likeness (QED) is 0.763. The molecule has 1 aliphatic rings. The maximum Gasteiger partial charge on any atom is 0.409 e. The van der Waals surface area contributed by atoms with Gasteiger partial charge in [-0.25, -0.2) is 9.48 Å². The second-order valence-corrected chi connectivity index (χ2v) is 6.81. The first-order valence-corrected chi connectivity index (χ1v) is 9.49. The zero-order valence-corrected chi connectivity index (χ0v) is 16.7. The highest BCUT2D eigenvalue weighted by Crippen LogP contribution is 2.21. The van der Waals surface area contributed by atoms with Gasteiger partial charge < -0.3 is 19.3 Å². The molecular weight excluding hydrogens is 384 g/mol. The lowest BCUT2D eigenvalue weighted by atomic mass is 10.2. The van der Waals surface area contributed by atoms with Crippen LogP contribution in [0.1, 0.15) is 23.0 Å². The summed E-state index contributed by atoms with van der Waals surface area (Å²) in [7, 11) is 0. The number of ether oxygens (including phenoxy) is 2. The Morgan fingerprint density at radius 2 is 1.86 bits per heavy atom. The summed E-state index contributed by atoms with van der Waals surface area (Å²) in [4.78, 5) is 27.7. The molecule has 2 heterocycles. The number of benzene rings is 1. The first-order valence-electron chi connectivity index (χ1n) is 9.11. The van der Waals surface area contributed by atoms with Crippen molar-refractivity contribution >= 4 is 23.6 Å². The van der Waals surface area contributed by atoms with Crippen molar-refractivity contribution in [2.45, 2.75) is 20.6 Å². The molecule has 1 aromatic carbocycles. The third kappa shape index (κ3) is 4.75. The maximum absolute atomic E-state index is 12.6. The number of halogens is 1. The molecule has 28 heavy (non-hydrogen) atoms. The van der Waals surface area contributed by atoms with Crippen molar-refractivity contribution in [1.82, 2.24) is 19.6 Å². The van der Waals surface area contributed by atoms with Crippen LogP contribution >= 0.6 is 11.6 Å². The Balaban J connectivity index is 1.53. The zero-order chi connectivity index (χ0) is 20.1. The van der Waals surface area contributed by atoms with Gasteiger partial charge in [0, 0.05) is 37.4 Å². The minimum absolute atomic E-state index is 0.162.